The van der Waals surface area contributed by atoms with Gasteiger partial charge in [-0.1, -0.05) is 29.8 Å². The van der Waals surface area contributed by atoms with E-state index in [1.807, 2.05) is 73.8 Å². The molecule has 1 N–H and O–H groups in total. The van der Waals surface area contributed by atoms with Crippen molar-refractivity contribution in [2.75, 3.05) is 29.2 Å². The monoisotopic (exact) mass is 437 g/mol. The maximum absolute atomic E-state index is 13.4. The van der Waals surface area contributed by atoms with E-state index in [-0.39, 0.29) is 11.6 Å². The summed E-state index contributed by atoms with van der Waals surface area (Å²) in [7, 11) is 3.83. The van der Waals surface area contributed by atoms with Crippen LogP contribution in [0.1, 0.15) is 10.4 Å². The molecule has 0 atom stereocenters. The van der Waals surface area contributed by atoms with Gasteiger partial charge in [-0.25, -0.2) is 4.90 Å². The molecule has 7 heteroatoms. The zero-order valence-electron chi connectivity index (χ0n) is 16.8. The maximum Gasteiger partial charge on any atom is 0.282 e. The van der Waals surface area contributed by atoms with Crippen molar-refractivity contribution in [2.45, 2.75) is 6.92 Å². The van der Waals surface area contributed by atoms with Crippen molar-refractivity contribution in [1.29, 1.82) is 0 Å². The van der Waals surface area contributed by atoms with Crippen molar-refractivity contribution in [3.05, 3.63) is 81.1 Å². The van der Waals surface area contributed by atoms with E-state index >= 15 is 0 Å². The number of hydrogen-bond donors (Lipinski definition) is 1. The van der Waals surface area contributed by atoms with Gasteiger partial charge in [-0.15, -0.1) is 11.3 Å². The summed E-state index contributed by atoms with van der Waals surface area (Å²) in [5, 5.41) is 5.66. The first-order valence-electron chi connectivity index (χ1n) is 9.35. The number of halogens is 1. The Hall–Kier alpha value is -3.09. The average Bonchev–Trinajstić information content (AvgIpc) is 3.32. The van der Waals surface area contributed by atoms with Gasteiger partial charge in [-0.3, -0.25) is 9.59 Å². The second-order valence-corrected chi connectivity index (χ2v) is 8.48. The van der Waals surface area contributed by atoms with E-state index in [1.165, 1.54) is 16.2 Å². The Morgan fingerprint density at radius 1 is 1.00 bits per heavy atom. The van der Waals surface area contributed by atoms with Gasteiger partial charge >= 0.3 is 0 Å². The van der Waals surface area contributed by atoms with Gasteiger partial charge < -0.3 is 10.2 Å². The van der Waals surface area contributed by atoms with Crippen LogP contribution in [0.3, 0.4) is 0 Å². The van der Waals surface area contributed by atoms with E-state index in [4.69, 9.17) is 11.6 Å². The van der Waals surface area contributed by atoms with Gasteiger partial charge in [0.1, 0.15) is 5.70 Å². The normalized spacial score (nSPS) is 13.9. The van der Waals surface area contributed by atoms with Crippen LogP contribution in [-0.2, 0) is 9.59 Å². The Labute approximate surface area is 184 Å². The largest absolute Gasteiger partial charge is 0.378 e. The number of carbonyl (C=O) groups excluding carboxylic acids is 2. The molecular weight excluding hydrogens is 418 g/mol. The van der Waals surface area contributed by atoms with Gasteiger partial charge in [0.25, 0.3) is 11.8 Å². The number of carbonyl (C=O) groups is 2. The van der Waals surface area contributed by atoms with E-state index < -0.39 is 5.91 Å². The van der Waals surface area contributed by atoms with Crippen LogP contribution < -0.4 is 15.1 Å². The van der Waals surface area contributed by atoms with E-state index in [9.17, 15) is 9.59 Å². The first-order valence-corrected chi connectivity index (χ1v) is 10.6. The van der Waals surface area contributed by atoms with E-state index in [0.29, 0.717) is 22.0 Å². The van der Waals surface area contributed by atoms with Crippen molar-refractivity contribution in [3.8, 4) is 0 Å². The van der Waals surface area contributed by atoms with Gasteiger partial charge in [0.2, 0.25) is 0 Å². The average molecular weight is 438 g/mol. The van der Waals surface area contributed by atoms with Crippen molar-refractivity contribution in [1.82, 2.24) is 0 Å². The standard InChI is InChI=1S/C23H20ClN3O2S/c1-14-17(24)9-5-10-18(14)25-21-20(19-11-6-12-30-19)22(28)27(23(21)29)16-8-4-7-15(13-16)26(2)3/h4-13,25H,1-3H3. The van der Waals surface area contributed by atoms with Crippen molar-refractivity contribution < 1.29 is 9.59 Å². The molecule has 0 aliphatic carbocycles. The van der Waals surface area contributed by atoms with E-state index in [2.05, 4.69) is 5.32 Å². The first-order chi connectivity index (χ1) is 14.4. The summed E-state index contributed by atoms with van der Waals surface area (Å²) >= 11 is 7.67. The van der Waals surface area contributed by atoms with Crippen LogP contribution in [0.4, 0.5) is 17.1 Å². The number of nitrogens with one attached hydrogen (secondary N) is 1. The Bertz CT molecular complexity index is 1170. The molecule has 0 bridgehead atoms. The zero-order chi connectivity index (χ0) is 21.4. The SMILES string of the molecule is Cc1c(Cl)cccc1NC1=C(c2cccs2)C(=O)N(c2cccc(N(C)C)c2)C1=O. The predicted octanol–water partition coefficient (Wildman–Crippen LogP) is 5.17. The third-order valence-corrected chi connectivity index (χ3v) is 6.28. The maximum atomic E-state index is 13.4. The molecule has 152 valence electrons. The molecule has 0 fully saturated rings. The van der Waals surface area contributed by atoms with Crippen LogP contribution in [0, 0.1) is 6.92 Å². The van der Waals surface area contributed by atoms with Gasteiger partial charge in [-0.2, -0.15) is 0 Å². The molecule has 0 saturated heterocycles. The molecule has 0 spiro atoms. The number of imide groups is 1. The van der Waals surface area contributed by atoms with Gasteiger partial charge in [0, 0.05) is 35.4 Å². The first kappa shape index (κ1) is 20.2. The fraction of sp³-hybridized carbons (Fsp3) is 0.130. The molecule has 4 rings (SSSR count). The molecule has 2 aromatic carbocycles. The lowest BCUT2D eigenvalue weighted by molar-refractivity contribution is -0.120. The summed E-state index contributed by atoms with van der Waals surface area (Å²) in [5.41, 5.74) is 3.55. The highest BCUT2D eigenvalue weighted by atomic mass is 35.5. The number of thiophene rings is 1. The van der Waals surface area contributed by atoms with Crippen LogP contribution in [-0.4, -0.2) is 25.9 Å². The molecule has 5 nitrogen and oxygen atoms in total. The lowest BCUT2D eigenvalue weighted by Crippen LogP contribution is -2.32. The molecule has 2 amide bonds. The highest BCUT2D eigenvalue weighted by molar-refractivity contribution is 7.11. The highest BCUT2D eigenvalue weighted by Crippen LogP contribution is 2.37. The molecule has 0 radical (unpaired) electrons. The lowest BCUT2D eigenvalue weighted by atomic mass is 10.1. The number of rotatable bonds is 5. The number of benzene rings is 2. The predicted molar refractivity (Wildman–Crippen MR) is 124 cm³/mol. The number of amides is 2. The van der Waals surface area contributed by atoms with E-state index in [0.717, 1.165) is 16.1 Å². The molecule has 0 saturated carbocycles. The number of nitrogens with zero attached hydrogens (tertiary/aromatic N) is 2. The molecule has 0 unspecified atom stereocenters. The quantitative estimate of drug-likeness (QED) is 0.559. The Morgan fingerprint density at radius 2 is 1.77 bits per heavy atom. The molecule has 2 heterocycles. The minimum absolute atomic E-state index is 0.253. The van der Waals surface area contributed by atoms with Gasteiger partial charge in [-0.05, 0) is 54.3 Å². The number of hydrogen-bond acceptors (Lipinski definition) is 5. The molecule has 1 aliphatic heterocycles. The minimum Gasteiger partial charge on any atom is -0.378 e. The lowest BCUT2D eigenvalue weighted by Gasteiger charge is -2.19. The second-order valence-electron chi connectivity index (χ2n) is 7.12. The van der Waals surface area contributed by atoms with Gasteiger partial charge in [0.05, 0.1) is 11.3 Å². The fourth-order valence-electron chi connectivity index (χ4n) is 3.32. The molecule has 30 heavy (non-hydrogen) atoms. The van der Waals surface area contributed by atoms with Crippen molar-refractivity contribution in [3.63, 3.8) is 0 Å². The Kier molecular flexibility index (Phi) is 5.37. The van der Waals surface area contributed by atoms with Crippen molar-refractivity contribution in [2.24, 2.45) is 0 Å². The third kappa shape index (κ3) is 3.49. The second kappa shape index (κ2) is 7.97. The molecule has 3 aromatic rings. The van der Waals surface area contributed by atoms with Gasteiger partial charge in [0.15, 0.2) is 0 Å². The Morgan fingerprint density at radius 3 is 2.47 bits per heavy atom. The van der Waals surface area contributed by atoms with Crippen LogP contribution in [0.2, 0.25) is 5.02 Å². The van der Waals surface area contributed by atoms with Crippen LogP contribution >= 0.6 is 22.9 Å². The third-order valence-electron chi connectivity index (χ3n) is 4.98. The summed E-state index contributed by atoms with van der Waals surface area (Å²) in [6, 6.07) is 16.5. The summed E-state index contributed by atoms with van der Waals surface area (Å²) in [5.74, 6) is -0.737. The fourth-order valence-corrected chi connectivity index (χ4v) is 4.26. The summed E-state index contributed by atoms with van der Waals surface area (Å²) < 4.78 is 0. The molecular formula is C23H20ClN3O2S. The molecule has 1 aromatic heterocycles. The minimum atomic E-state index is -0.390. The van der Waals surface area contributed by atoms with Crippen molar-refractivity contribution >= 4 is 57.4 Å². The highest BCUT2D eigenvalue weighted by Gasteiger charge is 2.41. The zero-order valence-corrected chi connectivity index (χ0v) is 18.3. The van der Waals surface area contributed by atoms with E-state index in [1.54, 1.807) is 12.1 Å². The molecule has 1 aliphatic rings. The Balaban J connectivity index is 1.81. The smallest absolute Gasteiger partial charge is 0.282 e. The van der Waals surface area contributed by atoms with Crippen LogP contribution in [0.5, 0.6) is 0 Å². The van der Waals surface area contributed by atoms with Crippen LogP contribution in [0.15, 0.2) is 65.7 Å². The summed E-state index contributed by atoms with van der Waals surface area (Å²) in [6.45, 7) is 1.87. The topological polar surface area (TPSA) is 52.7 Å². The summed E-state index contributed by atoms with van der Waals surface area (Å²) in [4.78, 5) is 30.8. The number of anilines is 3. The summed E-state index contributed by atoms with van der Waals surface area (Å²) in [6.07, 6.45) is 0. The van der Waals surface area contributed by atoms with Crippen LogP contribution in [0.25, 0.3) is 5.57 Å².